The third-order valence-electron chi connectivity index (χ3n) is 3.30. The van der Waals surface area contributed by atoms with Crippen LogP contribution >= 0.6 is 11.6 Å². The molecule has 2 aromatic rings. The fourth-order valence-electron chi connectivity index (χ4n) is 2.08. The number of carboxylic acid groups (broad SMARTS) is 1. The molecule has 0 aromatic heterocycles. The van der Waals surface area contributed by atoms with Crippen molar-refractivity contribution in [3.63, 3.8) is 0 Å². The molecule has 114 valence electrons. The summed E-state index contributed by atoms with van der Waals surface area (Å²) in [6.07, 6.45) is 0. The van der Waals surface area contributed by atoms with Gasteiger partial charge < -0.3 is 9.84 Å². The van der Waals surface area contributed by atoms with Gasteiger partial charge in [0.2, 0.25) is 0 Å². The zero-order valence-electron chi connectivity index (χ0n) is 12.2. The summed E-state index contributed by atoms with van der Waals surface area (Å²) in [5, 5.41) is 7.78. The SMILES string of the molecule is COc1ccc(C(=O)c2ccc(C)cc2)cc1C(Cl)C(=O)O. The van der Waals surface area contributed by atoms with E-state index in [0.29, 0.717) is 16.9 Å². The summed E-state index contributed by atoms with van der Waals surface area (Å²) in [6.45, 7) is 1.94. The van der Waals surface area contributed by atoms with Crippen LogP contribution in [0.15, 0.2) is 42.5 Å². The van der Waals surface area contributed by atoms with E-state index in [1.807, 2.05) is 19.1 Å². The summed E-state index contributed by atoms with van der Waals surface area (Å²) in [6, 6.07) is 11.8. The van der Waals surface area contributed by atoms with Crippen LogP contribution in [0.3, 0.4) is 0 Å². The van der Waals surface area contributed by atoms with Crippen molar-refractivity contribution in [1.29, 1.82) is 0 Å². The highest BCUT2D eigenvalue weighted by Crippen LogP contribution is 2.31. The number of aliphatic carboxylic acids is 1. The van der Waals surface area contributed by atoms with Gasteiger partial charge in [0.05, 0.1) is 7.11 Å². The van der Waals surface area contributed by atoms with E-state index in [2.05, 4.69) is 0 Å². The standard InChI is InChI=1S/C17H15ClO4/c1-10-3-5-11(6-4-10)16(19)12-7-8-14(22-2)13(9-12)15(18)17(20)21/h3-9,15H,1-2H3,(H,20,21). The van der Waals surface area contributed by atoms with Gasteiger partial charge >= 0.3 is 5.97 Å². The van der Waals surface area contributed by atoms with E-state index in [1.54, 1.807) is 24.3 Å². The van der Waals surface area contributed by atoms with Crippen LogP contribution in [0.1, 0.15) is 32.4 Å². The number of ether oxygens (including phenoxy) is 1. The van der Waals surface area contributed by atoms with Crippen LogP contribution in [0.25, 0.3) is 0 Å². The van der Waals surface area contributed by atoms with E-state index < -0.39 is 11.3 Å². The number of ketones is 1. The molecule has 1 N–H and O–H groups in total. The number of alkyl halides is 1. The predicted octanol–water partition coefficient (Wildman–Crippen LogP) is 3.60. The van der Waals surface area contributed by atoms with Crippen molar-refractivity contribution < 1.29 is 19.4 Å². The molecule has 0 heterocycles. The Kier molecular flexibility index (Phi) is 4.83. The van der Waals surface area contributed by atoms with E-state index in [1.165, 1.54) is 13.2 Å². The zero-order valence-corrected chi connectivity index (χ0v) is 12.9. The molecular weight excluding hydrogens is 304 g/mol. The molecule has 0 saturated carbocycles. The molecule has 0 saturated heterocycles. The first-order chi connectivity index (χ1) is 10.4. The van der Waals surface area contributed by atoms with Gasteiger partial charge in [-0.25, -0.2) is 0 Å². The lowest BCUT2D eigenvalue weighted by Crippen LogP contribution is -2.09. The van der Waals surface area contributed by atoms with Crippen LogP contribution in [0, 0.1) is 6.92 Å². The molecular formula is C17H15ClO4. The Bertz CT molecular complexity index is 707. The molecule has 5 heteroatoms. The highest BCUT2D eigenvalue weighted by molar-refractivity contribution is 6.30. The smallest absolute Gasteiger partial charge is 0.326 e. The highest BCUT2D eigenvalue weighted by Gasteiger charge is 2.22. The van der Waals surface area contributed by atoms with Crippen molar-refractivity contribution in [2.75, 3.05) is 7.11 Å². The second kappa shape index (κ2) is 6.62. The molecule has 0 spiro atoms. The molecule has 0 bridgehead atoms. The highest BCUT2D eigenvalue weighted by atomic mass is 35.5. The van der Waals surface area contributed by atoms with Gasteiger partial charge in [-0.05, 0) is 25.1 Å². The summed E-state index contributed by atoms with van der Waals surface area (Å²) >= 11 is 5.88. The number of carbonyl (C=O) groups excluding carboxylic acids is 1. The Balaban J connectivity index is 2.43. The van der Waals surface area contributed by atoms with Crippen LogP contribution in [0.2, 0.25) is 0 Å². The van der Waals surface area contributed by atoms with Crippen molar-refractivity contribution in [3.8, 4) is 5.75 Å². The van der Waals surface area contributed by atoms with E-state index >= 15 is 0 Å². The number of hydrogen-bond acceptors (Lipinski definition) is 3. The number of carboxylic acids is 1. The van der Waals surface area contributed by atoms with Crippen LogP contribution in [-0.4, -0.2) is 24.0 Å². The zero-order chi connectivity index (χ0) is 16.3. The second-order valence-electron chi connectivity index (χ2n) is 4.85. The lowest BCUT2D eigenvalue weighted by Gasteiger charge is -2.12. The maximum atomic E-state index is 12.5. The molecule has 0 aliphatic heterocycles. The maximum Gasteiger partial charge on any atom is 0.326 e. The predicted molar refractivity (Wildman–Crippen MR) is 83.8 cm³/mol. The second-order valence-corrected chi connectivity index (χ2v) is 5.29. The first-order valence-electron chi connectivity index (χ1n) is 6.60. The van der Waals surface area contributed by atoms with Crippen LogP contribution in [0.5, 0.6) is 5.75 Å². The monoisotopic (exact) mass is 318 g/mol. The Morgan fingerprint density at radius 2 is 1.68 bits per heavy atom. The van der Waals surface area contributed by atoms with Crippen LogP contribution < -0.4 is 4.74 Å². The van der Waals surface area contributed by atoms with Crippen molar-refractivity contribution in [2.45, 2.75) is 12.3 Å². The summed E-state index contributed by atoms with van der Waals surface area (Å²) in [5.74, 6) is -1.05. The Morgan fingerprint density at radius 3 is 2.23 bits per heavy atom. The molecule has 1 atom stereocenters. The quantitative estimate of drug-likeness (QED) is 0.676. The molecule has 2 aromatic carbocycles. The van der Waals surface area contributed by atoms with Crippen molar-refractivity contribution in [2.24, 2.45) is 0 Å². The lowest BCUT2D eigenvalue weighted by atomic mass is 9.99. The van der Waals surface area contributed by atoms with Gasteiger partial charge in [0.25, 0.3) is 0 Å². The number of methoxy groups -OCH3 is 1. The van der Waals surface area contributed by atoms with Crippen molar-refractivity contribution in [1.82, 2.24) is 0 Å². The summed E-state index contributed by atoms with van der Waals surface area (Å²) in [7, 11) is 1.42. The molecule has 0 aliphatic carbocycles. The number of hydrogen-bond donors (Lipinski definition) is 1. The van der Waals surface area contributed by atoms with E-state index in [0.717, 1.165) is 5.56 Å². The number of rotatable bonds is 5. The fourth-order valence-corrected chi connectivity index (χ4v) is 2.25. The topological polar surface area (TPSA) is 63.6 Å². The molecule has 0 amide bonds. The van der Waals surface area contributed by atoms with Gasteiger partial charge in [0.1, 0.15) is 5.75 Å². The van der Waals surface area contributed by atoms with Crippen molar-refractivity contribution >= 4 is 23.4 Å². The summed E-state index contributed by atoms with van der Waals surface area (Å²) in [4.78, 5) is 23.6. The average molecular weight is 319 g/mol. The van der Waals surface area contributed by atoms with E-state index in [9.17, 15) is 9.59 Å². The van der Waals surface area contributed by atoms with Gasteiger partial charge in [0, 0.05) is 16.7 Å². The maximum absolute atomic E-state index is 12.5. The molecule has 4 nitrogen and oxygen atoms in total. The van der Waals surface area contributed by atoms with E-state index in [-0.39, 0.29) is 11.3 Å². The van der Waals surface area contributed by atoms with Gasteiger partial charge in [-0.1, -0.05) is 29.8 Å². The van der Waals surface area contributed by atoms with Crippen LogP contribution in [-0.2, 0) is 4.79 Å². The number of benzene rings is 2. The van der Waals surface area contributed by atoms with Gasteiger partial charge in [-0.15, -0.1) is 11.6 Å². The normalized spacial score (nSPS) is 11.8. The number of aryl methyl sites for hydroxylation is 1. The molecule has 2 rings (SSSR count). The lowest BCUT2D eigenvalue weighted by molar-refractivity contribution is -0.136. The average Bonchev–Trinajstić information content (AvgIpc) is 2.53. The van der Waals surface area contributed by atoms with Crippen molar-refractivity contribution in [3.05, 3.63) is 64.7 Å². The molecule has 1 unspecified atom stereocenters. The first kappa shape index (κ1) is 16.0. The minimum atomic E-state index is -1.28. The number of carbonyl (C=O) groups is 2. The van der Waals surface area contributed by atoms with Gasteiger partial charge in [-0.2, -0.15) is 0 Å². The third kappa shape index (κ3) is 3.28. The largest absolute Gasteiger partial charge is 0.496 e. The third-order valence-corrected chi connectivity index (χ3v) is 3.72. The van der Waals surface area contributed by atoms with Gasteiger partial charge in [-0.3, -0.25) is 9.59 Å². The Hall–Kier alpha value is -2.33. The minimum absolute atomic E-state index is 0.196. The Morgan fingerprint density at radius 1 is 1.09 bits per heavy atom. The Labute approximate surface area is 133 Å². The van der Waals surface area contributed by atoms with Gasteiger partial charge in [0.15, 0.2) is 11.2 Å². The molecule has 0 fully saturated rings. The summed E-state index contributed by atoms with van der Waals surface area (Å²) in [5.41, 5.74) is 2.21. The first-order valence-corrected chi connectivity index (χ1v) is 7.04. The van der Waals surface area contributed by atoms with E-state index in [4.69, 9.17) is 21.4 Å². The summed E-state index contributed by atoms with van der Waals surface area (Å²) < 4.78 is 5.11. The number of halogens is 1. The van der Waals surface area contributed by atoms with Crippen LogP contribution in [0.4, 0.5) is 0 Å². The fraction of sp³-hybridized carbons (Fsp3) is 0.176. The molecule has 22 heavy (non-hydrogen) atoms. The molecule has 0 radical (unpaired) electrons. The minimum Gasteiger partial charge on any atom is -0.496 e. The molecule has 0 aliphatic rings.